The van der Waals surface area contributed by atoms with Crippen LogP contribution in [-0.4, -0.2) is 14.9 Å². The number of aryl methyl sites for hydroxylation is 1. The molecule has 3 nitrogen and oxygen atoms in total. The van der Waals surface area contributed by atoms with Gasteiger partial charge in [-0.3, -0.25) is 0 Å². The van der Waals surface area contributed by atoms with Crippen LogP contribution in [0, 0.1) is 6.92 Å². The average Bonchev–Trinajstić information content (AvgIpc) is 2.82. The predicted octanol–water partition coefficient (Wildman–Crippen LogP) is 4.21. The summed E-state index contributed by atoms with van der Waals surface area (Å²) in [5, 5.41) is 14.6. The number of benzene rings is 2. The van der Waals surface area contributed by atoms with Crippen LogP contribution in [0.5, 0.6) is 5.75 Å². The molecule has 0 amide bonds. The molecule has 1 heterocycles. The second-order valence-electron chi connectivity index (χ2n) is 4.61. The molecular formula is C16H13ClN2O. The third-order valence-electron chi connectivity index (χ3n) is 3.12. The minimum absolute atomic E-state index is 0.252. The van der Waals surface area contributed by atoms with Gasteiger partial charge in [-0.2, -0.15) is 5.10 Å². The second-order valence-corrected chi connectivity index (χ2v) is 5.04. The molecule has 0 fully saturated rings. The Morgan fingerprint density at radius 1 is 1.00 bits per heavy atom. The molecule has 0 aliphatic heterocycles. The van der Waals surface area contributed by atoms with E-state index in [1.807, 2.05) is 54.1 Å². The first-order valence-electron chi connectivity index (χ1n) is 6.25. The molecule has 0 saturated carbocycles. The molecule has 0 radical (unpaired) electrons. The van der Waals surface area contributed by atoms with Crippen molar-refractivity contribution in [3.05, 3.63) is 65.3 Å². The Bertz CT molecular complexity index is 730. The molecule has 2 aromatic carbocycles. The highest BCUT2D eigenvalue weighted by Gasteiger charge is 2.08. The molecule has 3 rings (SSSR count). The number of hydrogen-bond acceptors (Lipinski definition) is 2. The molecule has 20 heavy (non-hydrogen) atoms. The number of aromatic nitrogens is 2. The van der Waals surface area contributed by atoms with Crippen LogP contribution in [0.1, 0.15) is 5.69 Å². The van der Waals surface area contributed by atoms with Gasteiger partial charge in [0.1, 0.15) is 5.75 Å². The quantitative estimate of drug-likeness (QED) is 0.765. The smallest absolute Gasteiger partial charge is 0.115 e. The third-order valence-corrected chi connectivity index (χ3v) is 3.37. The van der Waals surface area contributed by atoms with Gasteiger partial charge in [0.2, 0.25) is 0 Å². The second kappa shape index (κ2) is 5.02. The summed E-state index contributed by atoms with van der Waals surface area (Å²) in [5.41, 5.74) is 3.85. The predicted molar refractivity (Wildman–Crippen MR) is 80.4 cm³/mol. The lowest BCUT2D eigenvalue weighted by Gasteiger charge is -2.03. The fraction of sp³-hybridized carbons (Fsp3) is 0.0625. The normalized spacial score (nSPS) is 10.7. The first-order valence-corrected chi connectivity index (χ1v) is 6.63. The molecule has 1 N–H and O–H groups in total. The summed E-state index contributed by atoms with van der Waals surface area (Å²) in [4.78, 5) is 0. The molecule has 100 valence electrons. The van der Waals surface area contributed by atoms with Crippen molar-refractivity contribution >= 4 is 11.6 Å². The number of halogens is 1. The number of aromatic hydroxyl groups is 1. The fourth-order valence-electron chi connectivity index (χ4n) is 2.09. The molecule has 0 unspecified atom stereocenters. The highest BCUT2D eigenvalue weighted by atomic mass is 35.5. The highest BCUT2D eigenvalue weighted by Crippen LogP contribution is 2.23. The van der Waals surface area contributed by atoms with Crippen molar-refractivity contribution in [2.24, 2.45) is 0 Å². The Balaban J connectivity index is 2.02. The molecule has 1 aromatic heterocycles. The van der Waals surface area contributed by atoms with Gasteiger partial charge in [0, 0.05) is 16.3 Å². The van der Waals surface area contributed by atoms with Crippen LogP contribution in [0.3, 0.4) is 0 Å². The van der Waals surface area contributed by atoms with E-state index < -0.39 is 0 Å². The maximum absolute atomic E-state index is 9.33. The summed E-state index contributed by atoms with van der Waals surface area (Å²) < 4.78 is 1.87. The molecule has 0 bridgehead atoms. The maximum Gasteiger partial charge on any atom is 0.115 e. The van der Waals surface area contributed by atoms with Crippen molar-refractivity contribution in [3.8, 4) is 22.7 Å². The van der Waals surface area contributed by atoms with Crippen LogP contribution in [0.4, 0.5) is 0 Å². The standard InChI is InChI=1S/C16H13ClN2O/c1-11-10-16(12-2-8-15(20)9-3-12)18-19(11)14-6-4-13(17)5-7-14/h2-10,20H,1H3. The van der Waals surface area contributed by atoms with Crippen LogP contribution < -0.4 is 0 Å². The number of phenols is 1. The van der Waals surface area contributed by atoms with Crippen molar-refractivity contribution in [1.29, 1.82) is 0 Å². The highest BCUT2D eigenvalue weighted by molar-refractivity contribution is 6.30. The zero-order chi connectivity index (χ0) is 14.1. The summed E-state index contributed by atoms with van der Waals surface area (Å²) in [6.07, 6.45) is 0. The zero-order valence-electron chi connectivity index (χ0n) is 10.9. The van der Waals surface area contributed by atoms with Crippen molar-refractivity contribution in [2.45, 2.75) is 6.92 Å². The summed E-state index contributed by atoms with van der Waals surface area (Å²) in [7, 11) is 0. The number of nitrogens with zero attached hydrogens (tertiary/aromatic N) is 2. The minimum atomic E-state index is 0.252. The molecule has 0 aliphatic carbocycles. The number of rotatable bonds is 2. The number of hydrogen-bond donors (Lipinski definition) is 1. The van der Waals surface area contributed by atoms with E-state index in [4.69, 9.17) is 11.6 Å². The lowest BCUT2D eigenvalue weighted by Crippen LogP contribution is -1.98. The van der Waals surface area contributed by atoms with Crippen molar-refractivity contribution < 1.29 is 5.11 Å². The molecule has 0 saturated heterocycles. The van der Waals surface area contributed by atoms with Gasteiger partial charge in [0.15, 0.2) is 0 Å². The Labute approximate surface area is 122 Å². The van der Waals surface area contributed by atoms with Gasteiger partial charge < -0.3 is 5.11 Å². The molecule has 0 atom stereocenters. The van der Waals surface area contributed by atoms with Gasteiger partial charge in [-0.1, -0.05) is 11.6 Å². The van der Waals surface area contributed by atoms with E-state index in [0.717, 1.165) is 22.6 Å². The van der Waals surface area contributed by atoms with Crippen LogP contribution in [0.2, 0.25) is 5.02 Å². The molecule has 4 heteroatoms. The van der Waals surface area contributed by atoms with E-state index >= 15 is 0 Å². The topological polar surface area (TPSA) is 38.1 Å². The van der Waals surface area contributed by atoms with Crippen molar-refractivity contribution in [2.75, 3.05) is 0 Å². The summed E-state index contributed by atoms with van der Waals surface area (Å²) in [6.45, 7) is 2.01. The van der Waals surface area contributed by atoms with Gasteiger partial charge in [0.25, 0.3) is 0 Å². The Hall–Kier alpha value is -2.26. The van der Waals surface area contributed by atoms with Gasteiger partial charge in [-0.25, -0.2) is 4.68 Å². The van der Waals surface area contributed by atoms with Crippen molar-refractivity contribution in [1.82, 2.24) is 9.78 Å². The molecular weight excluding hydrogens is 272 g/mol. The van der Waals surface area contributed by atoms with Crippen LogP contribution >= 0.6 is 11.6 Å². The van der Waals surface area contributed by atoms with Gasteiger partial charge in [-0.15, -0.1) is 0 Å². The van der Waals surface area contributed by atoms with E-state index in [9.17, 15) is 5.11 Å². The molecule has 0 aliphatic rings. The van der Waals surface area contributed by atoms with Gasteiger partial charge in [0.05, 0.1) is 11.4 Å². The van der Waals surface area contributed by atoms with E-state index in [1.54, 1.807) is 12.1 Å². The summed E-state index contributed by atoms with van der Waals surface area (Å²) in [6, 6.07) is 16.6. The van der Waals surface area contributed by atoms with E-state index in [1.165, 1.54) is 0 Å². The van der Waals surface area contributed by atoms with Gasteiger partial charge >= 0.3 is 0 Å². The maximum atomic E-state index is 9.33. The first kappa shape index (κ1) is 12.8. The van der Waals surface area contributed by atoms with E-state index in [0.29, 0.717) is 5.02 Å². The van der Waals surface area contributed by atoms with Gasteiger partial charge in [-0.05, 0) is 61.5 Å². The zero-order valence-corrected chi connectivity index (χ0v) is 11.7. The fourth-order valence-corrected chi connectivity index (χ4v) is 2.22. The Morgan fingerprint density at radius 3 is 2.30 bits per heavy atom. The van der Waals surface area contributed by atoms with Crippen LogP contribution in [0.25, 0.3) is 16.9 Å². The summed E-state index contributed by atoms with van der Waals surface area (Å²) in [5.74, 6) is 0.252. The van der Waals surface area contributed by atoms with Crippen molar-refractivity contribution in [3.63, 3.8) is 0 Å². The Kier molecular flexibility index (Phi) is 3.20. The van der Waals surface area contributed by atoms with E-state index in [-0.39, 0.29) is 5.75 Å². The van der Waals surface area contributed by atoms with E-state index in [2.05, 4.69) is 5.10 Å². The molecule has 3 aromatic rings. The third kappa shape index (κ3) is 2.40. The minimum Gasteiger partial charge on any atom is -0.508 e. The van der Waals surface area contributed by atoms with Crippen LogP contribution in [-0.2, 0) is 0 Å². The lowest BCUT2D eigenvalue weighted by atomic mass is 10.1. The SMILES string of the molecule is Cc1cc(-c2ccc(O)cc2)nn1-c1ccc(Cl)cc1. The monoisotopic (exact) mass is 284 g/mol. The first-order chi connectivity index (χ1) is 9.63. The largest absolute Gasteiger partial charge is 0.508 e. The lowest BCUT2D eigenvalue weighted by molar-refractivity contribution is 0.475. The van der Waals surface area contributed by atoms with Crippen LogP contribution in [0.15, 0.2) is 54.6 Å². The Morgan fingerprint density at radius 2 is 1.65 bits per heavy atom. The number of phenolic OH excluding ortho intramolecular Hbond substituents is 1. The molecule has 0 spiro atoms. The summed E-state index contributed by atoms with van der Waals surface area (Å²) >= 11 is 5.90. The average molecular weight is 285 g/mol.